The van der Waals surface area contributed by atoms with Gasteiger partial charge in [0.2, 0.25) is 0 Å². The van der Waals surface area contributed by atoms with Crippen LogP contribution >= 0.6 is 11.8 Å². The summed E-state index contributed by atoms with van der Waals surface area (Å²) in [5.74, 6) is 2.14. The Morgan fingerprint density at radius 2 is 2.14 bits per heavy atom. The highest BCUT2D eigenvalue weighted by Crippen LogP contribution is 2.33. The zero-order chi connectivity index (χ0) is 15.4. The van der Waals surface area contributed by atoms with Crippen LogP contribution in [0.15, 0.2) is 24.3 Å². The number of amides is 1. The van der Waals surface area contributed by atoms with E-state index in [1.54, 1.807) is 12.1 Å². The number of rotatable bonds is 4. The number of para-hydroxylation sites is 1. The van der Waals surface area contributed by atoms with Gasteiger partial charge in [-0.25, -0.2) is 0 Å². The summed E-state index contributed by atoms with van der Waals surface area (Å²) in [5.41, 5.74) is 7.04. The first-order valence-electron chi connectivity index (χ1n) is 7.75. The standard InChI is InChI=1S/C16H23N3O2S/c17-14-4-2-1-3-13(14)15(20)18-11-16(5-10-22-12-16)19-6-8-21-9-7-19/h1-4H,5-12,17H2,(H,18,20). The molecule has 0 aromatic heterocycles. The average Bonchev–Trinajstić information content (AvgIpc) is 3.04. The van der Waals surface area contributed by atoms with E-state index in [0.29, 0.717) is 17.8 Å². The third-order valence-corrected chi connectivity index (χ3v) is 5.78. The molecule has 3 N–H and O–H groups in total. The number of nitrogens with one attached hydrogen (secondary N) is 1. The molecule has 0 saturated carbocycles. The lowest BCUT2D eigenvalue weighted by Crippen LogP contribution is -2.59. The fourth-order valence-corrected chi connectivity index (χ4v) is 4.66. The topological polar surface area (TPSA) is 67.6 Å². The number of morpholine rings is 1. The highest BCUT2D eigenvalue weighted by Gasteiger charge is 2.40. The predicted molar refractivity (Wildman–Crippen MR) is 90.3 cm³/mol. The van der Waals surface area contributed by atoms with Gasteiger partial charge in [0.15, 0.2) is 0 Å². The normalized spacial score (nSPS) is 26.0. The molecule has 1 aromatic rings. The van der Waals surface area contributed by atoms with Crippen molar-refractivity contribution >= 4 is 23.4 Å². The van der Waals surface area contributed by atoms with Gasteiger partial charge in [0, 0.05) is 36.6 Å². The fourth-order valence-electron chi connectivity index (χ4n) is 3.18. The van der Waals surface area contributed by atoms with Crippen molar-refractivity contribution in [2.24, 2.45) is 0 Å². The second-order valence-corrected chi connectivity index (χ2v) is 7.00. The molecule has 2 saturated heterocycles. The molecule has 0 radical (unpaired) electrons. The summed E-state index contributed by atoms with van der Waals surface area (Å²) in [4.78, 5) is 14.9. The zero-order valence-corrected chi connectivity index (χ0v) is 13.5. The van der Waals surface area contributed by atoms with Crippen LogP contribution in [0, 0.1) is 0 Å². The molecule has 1 unspecified atom stereocenters. The summed E-state index contributed by atoms with van der Waals surface area (Å²) >= 11 is 1.97. The predicted octanol–water partition coefficient (Wildman–Crippen LogP) is 1.21. The minimum Gasteiger partial charge on any atom is -0.398 e. The van der Waals surface area contributed by atoms with Crippen LogP contribution in [0.25, 0.3) is 0 Å². The zero-order valence-electron chi connectivity index (χ0n) is 12.7. The molecule has 22 heavy (non-hydrogen) atoms. The highest BCUT2D eigenvalue weighted by atomic mass is 32.2. The Hall–Kier alpha value is -1.24. The van der Waals surface area contributed by atoms with E-state index in [1.807, 2.05) is 23.9 Å². The van der Waals surface area contributed by atoms with Crippen molar-refractivity contribution in [3.8, 4) is 0 Å². The van der Waals surface area contributed by atoms with Crippen molar-refractivity contribution in [2.45, 2.75) is 12.0 Å². The smallest absolute Gasteiger partial charge is 0.253 e. The van der Waals surface area contributed by atoms with Crippen LogP contribution in [-0.4, -0.2) is 60.7 Å². The van der Waals surface area contributed by atoms with Gasteiger partial charge >= 0.3 is 0 Å². The molecule has 2 fully saturated rings. The van der Waals surface area contributed by atoms with Crippen molar-refractivity contribution < 1.29 is 9.53 Å². The number of hydrogen-bond donors (Lipinski definition) is 2. The number of hydrogen-bond acceptors (Lipinski definition) is 5. The van der Waals surface area contributed by atoms with Gasteiger partial charge in [-0.15, -0.1) is 0 Å². The second kappa shape index (κ2) is 6.89. The molecule has 2 heterocycles. The van der Waals surface area contributed by atoms with Gasteiger partial charge in [0.05, 0.1) is 18.8 Å². The van der Waals surface area contributed by atoms with E-state index in [4.69, 9.17) is 10.5 Å². The van der Waals surface area contributed by atoms with Gasteiger partial charge in [0.1, 0.15) is 0 Å². The van der Waals surface area contributed by atoms with Gasteiger partial charge in [-0.05, 0) is 24.3 Å². The number of ether oxygens (including phenoxy) is 1. The number of benzene rings is 1. The molecule has 0 bridgehead atoms. The molecule has 5 nitrogen and oxygen atoms in total. The number of nitrogens with two attached hydrogens (primary N) is 1. The number of carbonyl (C=O) groups excluding carboxylic acids is 1. The van der Waals surface area contributed by atoms with Crippen molar-refractivity contribution in [1.82, 2.24) is 10.2 Å². The van der Waals surface area contributed by atoms with Gasteiger partial charge in [0.25, 0.3) is 5.91 Å². The van der Waals surface area contributed by atoms with Crippen molar-refractivity contribution in [3.63, 3.8) is 0 Å². The SMILES string of the molecule is Nc1ccccc1C(=O)NCC1(N2CCOCC2)CCSC1. The molecule has 1 aromatic carbocycles. The lowest BCUT2D eigenvalue weighted by Gasteiger charge is -2.43. The fraction of sp³-hybridized carbons (Fsp3) is 0.562. The van der Waals surface area contributed by atoms with Gasteiger partial charge in [-0.2, -0.15) is 11.8 Å². The van der Waals surface area contributed by atoms with E-state index in [1.165, 1.54) is 0 Å². The first kappa shape index (κ1) is 15.6. The Labute approximate surface area is 135 Å². The third-order valence-electron chi connectivity index (χ3n) is 4.55. The lowest BCUT2D eigenvalue weighted by molar-refractivity contribution is -0.0129. The summed E-state index contributed by atoms with van der Waals surface area (Å²) in [6.07, 6.45) is 1.11. The summed E-state index contributed by atoms with van der Waals surface area (Å²) in [6, 6.07) is 7.22. The van der Waals surface area contributed by atoms with E-state index < -0.39 is 0 Å². The molecule has 120 valence electrons. The number of nitrogen functional groups attached to an aromatic ring is 1. The molecule has 6 heteroatoms. The molecule has 0 spiro atoms. The monoisotopic (exact) mass is 321 g/mol. The van der Waals surface area contributed by atoms with Crippen molar-refractivity contribution in [2.75, 3.05) is 50.1 Å². The van der Waals surface area contributed by atoms with Gasteiger partial charge < -0.3 is 15.8 Å². The molecule has 1 amide bonds. The third kappa shape index (κ3) is 3.24. The van der Waals surface area contributed by atoms with Crippen molar-refractivity contribution in [1.29, 1.82) is 0 Å². The van der Waals surface area contributed by atoms with E-state index in [0.717, 1.165) is 44.2 Å². The first-order valence-corrected chi connectivity index (χ1v) is 8.90. The van der Waals surface area contributed by atoms with Crippen LogP contribution in [0.1, 0.15) is 16.8 Å². The van der Waals surface area contributed by atoms with E-state index in [2.05, 4.69) is 10.2 Å². The minimum atomic E-state index is -0.0809. The maximum Gasteiger partial charge on any atom is 0.253 e. The molecular weight excluding hydrogens is 298 g/mol. The Balaban J connectivity index is 1.67. The molecule has 3 rings (SSSR count). The maximum absolute atomic E-state index is 12.4. The van der Waals surface area contributed by atoms with Crippen LogP contribution < -0.4 is 11.1 Å². The number of carbonyl (C=O) groups is 1. The van der Waals surface area contributed by atoms with Gasteiger partial charge in [-0.1, -0.05) is 12.1 Å². The molecule has 0 aliphatic carbocycles. The highest BCUT2D eigenvalue weighted by molar-refractivity contribution is 7.99. The average molecular weight is 321 g/mol. The van der Waals surface area contributed by atoms with E-state index in [-0.39, 0.29) is 11.4 Å². The second-order valence-electron chi connectivity index (χ2n) is 5.90. The Morgan fingerprint density at radius 1 is 1.36 bits per heavy atom. The molecule has 1 atom stereocenters. The number of thioether (sulfide) groups is 1. The minimum absolute atomic E-state index is 0.0631. The van der Waals surface area contributed by atoms with Crippen LogP contribution in [0.4, 0.5) is 5.69 Å². The van der Waals surface area contributed by atoms with E-state index in [9.17, 15) is 4.79 Å². The lowest BCUT2D eigenvalue weighted by atomic mass is 9.95. The molecular formula is C16H23N3O2S. The van der Waals surface area contributed by atoms with Crippen LogP contribution in [0.3, 0.4) is 0 Å². The van der Waals surface area contributed by atoms with Crippen LogP contribution in [0.5, 0.6) is 0 Å². The van der Waals surface area contributed by atoms with Crippen LogP contribution in [0.2, 0.25) is 0 Å². The van der Waals surface area contributed by atoms with E-state index >= 15 is 0 Å². The number of nitrogens with zero attached hydrogens (tertiary/aromatic N) is 1. The summed E-state index contributed by atoms with van der Waals surface area (Å²) < 4.78 is 5.46. The Morgan fingerprint density at radius 3 is 2.82 bits per heavy atom. The Bertz CT molecular complexity index is 526. The first-order chi connectivity index (χ1) is 10.7. The van der Waals surface area contributed by atoms with Crippen LogP contribution in [-0.2, 0) is 4.74 Å². The van der Waals surface area contributed by atoms with Gasteiger partial charge in [-0.3, -0.25) is 9.69 Å². The largest absolute Gasteiger partial charge is 0.398 e. The Kier molecular flexibility index (Phi) is 4.90. The quantitative estimate of drug-likeness (QED) is 0.816. The summed E-state index contributed by atoms with van der Waals surface area (Å²) in [6.45, 7) is 4.14. The molecule has 2 aliphatic heterocycles. The number of anilines is 1. The maximum atomic E-state index is 12.4. The summed E-state index contributed by atoms with van der Waals surface area (Å²) in [7, 11) is 0. The summed E-state index contributed by atoms with van der Waals surface area (Å²) in [5, 5.41) is 3.11. The van der Waals surface area contributed by atoms with Crippen molar-refractivity contribution in [3.05, 3.63) is 29.8 Å². The molecule has 2 aliphatic rings.